The molecule has 122 valence electrons. The van der Waals surface area contributed by atoms with Crippen molar-refractivity contribution in [3.8, 4) is 0 Å². The smallest absolute Gasteiger partial charge is 0.221 e. The molecule has 0 bridgehead atoms. The normalized spacial score (nSPS) is 16.1. The molecule has 1 aromatic rings. The third-order valence-corrected chi connectivity index (χ3v) is 4.21. The molecular weight excluding hydrogens is 274 g/mol. The van der Waals surface area contributed by atoms with Crippen molar-refractivity contribution < 1.29 is 4.79 Å². The SMILES string of the molecule is CC(=O)Nc1cccc(C(C)NCCN(C(C)C)C2CC2)c1. The van der Waals surface area contributed by atoms with Gasteiger partial charge in [0.2, 0.25) is 5.91 Å². The fourth-order valence-electron chi connectivity index (χ4n) is 2.89. The Morgan fingerprint density at radius 2 is 2.05 bits per heavy atom. The number of anilines is 1. The monoisotopic (exact) mass is 303 g/mol. The van der Waals surface area contributed by atoms with Crippen LogP contribution in [0.4, 0.5) is 5.69 Å². The molecule has 1 aliphatic rings. The van der Waals surface area contributed by atoms with Crippen molar-refractivity contribution in [2.45, 2.75) is 58.7 Å². The lowest BCUT2D eigenvalue weighted by atomic mass is 10.1. The highest BCUT2D eigenvalue weighted by Crippen LogP contribution is 2.28. The molecule has 1 amide bonds. The summed E-state index contributed by atoms with van der Waals surface area (Å²) >= 11 is 0. The maximum Gasteiger partial charge on any atom is 0.221 e. The molecule has 2 rings (SSSR count). The molecule has 0 heterocycles. The molecule has 4 nitrogen and oxygen atoms in total. The van der Waals surface area contributed by atoms with Gasteiger partial charge < -0.3 is 10.6 Å². The van der Waals surface area contributed by atoms with Gasteiger partial charge in [-0.15, -0.1) is 0 Å². The standard InChI is InChI=1S/C18H29N3O/c1-13(2)21(18-8-9-18)11-10-19-14(3)16-6-5-7-17(12-16)20-15(4)22/h5-7,12-14,18-19H,8-11H2,1-4H3,(H,20,22). The molecule has 22 heavy (non-hydrogen) atoms. The Kier molecular flexibility index (Phi) is 5.98. The minimum atomic E-state index is -0.0326. The molecule has 1 saturated carbocycles. The summed E-state index contributed by atoms with van der Waals surface area (Å²) in [4.78, 5) is 13.7. The number of rotatable bonds is 8. The molecule has 0 aliphatic heterocycles. The van der Waals surface area contributed by atoms with Gasteiger partial charge in [-0.2, -0.15) is 0 Å². The number of nitrogens with one attached hydrogen (secondary N) is 2. The van der Waals surface area contributed by atoms with E-state index >= 15 is 0 Å². The number of hydrogen-bond donors (Lipinski definition) is 2. The minimum Gasteiger partial charge on any atom is -0.326 e. The summed E-state index contributed by atoms with van der Waals surface area (Å²) in [5.74, 6) is -0.0326. The predicted octanol–water partition coefficient (Wildman–Crippen LogP) is 3.17. The van der Waals surface area contributed by atoms with Crippen molar-refractivity contribution in [1.82, 2.24) is 10.2 Å². The number of nitrogens with zero attached hydrogens (tertiary/aromatic N) is 1. The maximum absolute atomic E-state index is 11.1. The van der Waals surface area contributed by atoms with E-state index < -0.39 is 0 Å². The van der Waals surface area contributed by atoms with Crippen molar-refractivity contribution in [1.29, 1.82) is 0 Å². The van der Waals surface area contributed by atoms with E-state index in [0.717, 1.165) is 24.8 Å². The van der Waals surface area contributed by atoms with Gasteiger partial charge in [0.1, 0.15) is 0 Å². The van der Waals surface area contributed by atoms with Gasteiger partial charge in [-0.1, -0.05) is 12.1 Å². The van der Waals surface area contributed by atoms with Crippen LogP contribution in [0.1, 0.15) is 52.1 Å². The van der Waals surface area contributed by atoms with Crippen LogP contribution in [0.15, 0.2) is 24.3 Å². The highest BCUT2D eigenvalue weighted by Gasteiger charge is 2.30. The Morgan fingerprint density at radius 3 is 2.64 bits per heavy atom. The molecule has 1 atom stereocenters. The lowest BCUT2D eigenvalue weighted by molar-refractivity contribution is -0.114. The van der Waals surface area contributed by atoms with E-state index in [9.17, 15) is 4.79 Å². The summed E-state index contributed by atoms with van der Waals surface area (Å²) < 4.78 is 0. The molecule has 1 unspecified atom stereocenters. The Labute approximate surface area is 134 Å². The predicted molar refractivity (Wildman–Crippen MR) is 92.0 cm³/mol. The van der Waals surface area contributed by atoms with Gasteiger partial charge >= 0.3 is 0 Å². The van der Waals surface area contributed by atoms with Gasteiger partial charge in [0, 0.05) is 43.8 Å². The molecule has 4 heteroatoms. The van der Waals surface area contributed by atoms with Crippen LogP contribution in [0, 0.1) is 0 Å². The van der Waals surface area contributed by atoms with E-state index in [0.29, 0.717) is 6.04 Å². The van der Waals surface area contributed by atoms with Crippen LogP contribution in [0.25, 0.3) is 0 Å². The second-order valence-electron chi connectivity index (χ2n) is 6.55. The molecule has 2 N–H and O–H groups in total. The van der Waals surface area contributed by atoms with Gasteiger partial charge in [0.05, 0.1) is 0 Å². The fourth-order valence-corrected chi connectivity index (χ4v) is 2.89. The summed E-state index contributed by atoms with van der Waals surface area (Å²) in [5, 5.41) is 6.43. The Balaban J connectivity index is 1.83. The minimum absolute atomic E-state index is 0.0326. The van der Waals surface area contributed by atoms with E-state index in [1.807, 2.05) is 18.2 Å². The summed E-state index contributed by atoms with van der Waals surface area (Å²) in [6, 6.07) is 9.76. The lowest BCUT2D eigenvalue weighted by Gasteiger charge is -2.27. The number of benzene rings is 1. The molecule has 1 fully saturated rings. The third kappa shape index (κ3) is 5.11. The van der Waals surface area contributed by atoms with Crippen molar-refractivity contribution in [2.75, 3.05) is 18.4 Å². The first-order valence-electron chi connectivity index (χ1n) is 8.34. The van der Waals surface area contributed by atoms with E-state index in [1.165, 1.54) is 25.3 Å². The largest absolute Gasteiger partial charge is 0.326 e. The van der Waals surface area contributed by atoms with Crippen LogP contribution < -0.4 is 10.6 Å². The van der Waals surface area contributed by atoms with Crippen molar-refractivity contribution in [3.05, 3.63) is 29.8 Å². The highest BCUT2D eigenvalue weighted by atomic mass is 16.1. The zero-order valence-electron chi connectivity index (χ0n) is 14.2. The average molecular weight is 303 g/mol. The van der Waals surface area contributed by atoms with Crippen LogP contribution in [-0.4, -0.2) is 36.0 Å². The first-order valence-corrected chi connectivity index (χ1v) is 8.34. The van der Waals surface area contributed by atoms with Crippen LogP contribution in [-0.2, 0) is 4.79 Å². The molecular formula is C18H29N3O. The topological polar surface area (TPSA) is 44.4 Å². The highest BCUT2D eigenvalue weighted by molar-refractivity contribution is 5.88. The summed E-state index contributed by atoms with van der Waals surface area (Å²) in [5.41, 5.74) is 2.06. The second-order valence-corrected chi connectivity index (χ2v) is 6.55. The van der Waals surface area contributed by atoms with Crippen molar-refractivity contribution in [3.63, 3.8) is 0 Å². The van der Waals surface area contributed by atoms with Crippen molar-refractivity contribution in [2.24, 2.45) is 0 Å². The maximum atomic E-state index is 11.1. The molecule has 0 saturated heterocycles. The summed E-state index contributed by atoms with van der Waals surface area (Å²) in [6.45, 7) is 10.3. The number of carbonyl (C=O) groups excluding carboxylic acids is 1. The average Bonchev–Trinajstić information content (AvgIpc) is 3.27. The molecule has 0 spiro atoms. The Morgan fingerprint density at radius 1 is 1.32 bits per heavy atom. The first-order chi connectivity index (χ1) is 10.5. The molecule has 1 aromatic carbocycles. The summed E-state index contributed by atoms with van der Waals surface area (Å²) in [7, 11) is 0. The zero-order chi connectivity index (χ0) is 16.1. The van der Waals surface area contributed by atoms with E-state index in [4.69, 9.17) is 0 Å². The molecule has 0 radical (unpaired) electrons. The van der Waals surface area contributed by atoms with Gasteiger partial charge in [0.25, 0.3) is 0 Å². The lowest BCUT2D eigenvalue weighted by Crippen LogP contribution is -2.39. The fraction of sp³-hybridized carbons (Fsp3) is 0.611. The van der Waals surface area contributed by atoms with Crippen LogP contribution in [0.3, 0.4) is 0 Å². The van der Waals surface area contributed by atoms with Crippen LogP contribution >= 0.6 is 0 Å². The van der Waals surface area contributed by atoms with Crippen LogP contribution in [0.5, 0.6) is 0 Å². The van der Waals surface area contributed by atoms with Gasteiger partial charge in [0.15, 0.2) is 0 Å². The van der Waals surface area contributed by atoms with Gasteiger partial charge in [-0.3, -0.25) is 9.69 Å². The molecule has 0 aromatic heterocycles. The van der Waals surface area contributed by atoms with Gasteiger partial charge in [-0.05, 0) is 51.3 Å². The number of hydrogen-bond acceptors (Lipinski definition) is 3. The Bertz CT molecular complexity index is 495. The number of carbonyl (C=O) groups is 1. The van der Waals surface area contributed by atoms with E-state index in [1.54, 1.807) is 0 Å². The van der Waals surface area contributed by atoms with E-state index in [2.05, 4.69) is 42.4 Å². The van der Waals surface area contributed by atoms with E-state index in [-0.39, 0.29) is 11.9 Å². The van der Waals surface area contributed by atoms with Crippen molar-refractivity contribution >= 4 is 11.6 Å². The van der Waals surface area contributed by atoms with Crippen LogP contribution in [0.2, 0.25) is 0 Å². The molecule has 1 aliphatic carbocycles. The first kappa shape index (κ1) is 17.0. The second kappa shape index (κ2) is 7.75. The number of amides is 1. The quantitative estimate of drug-likeness (QED) is 0.775. The Hall–Kier alpha value is -1.39. The van der Waals surface area contributed by atoms with Gasteiger partial charge in [-0.25, -0.2) is 0 Å². The third-order valence-electron chi connectivity index (χ3n) is 4.21. The zero-order valence-corrected chi connectivity index (χ0v) is 14.2. The summed E-state index contributed by atoms with van der Waals surface area (Å²) in [6.07, 6.45) is 2.71.